The quantitative estimate of drug-likeness (QED) is 0.857. The number of aromatic nitrogens is 3. The molecule has 2 rings (SSSR count). The van der Waals surface area contributed by atoms with Crippen LogP contribution in [0.5, 0.6) is 5.75 Å². The van der Waals surface area contributed by atoms with E-state index in [1.165, 1.54) is 0 Å². The zero-order valence-electron chi connectivity index (χ0n) is 12.2. The van der Waals surface area contributed by atoms with Crippen molar-refractivity contribution in [3.63, 3.8) is 0 Å². The van der Waals surface area contributed by atoms with Crippen molar-refractivity contribution in [2.45, 2.75) is 30.3 Å². The van der Waals surface area contributed by atoms with Crippen LogP contribution < -0.4 is 10.5 Å². The van der Waals surface area contributed by atoms with E-state index >= 15 is 0 Å². The van der Waals surface area contributed by atoms with E-state index in [9.17, 15) is 0 Å². The van der Waals surface area contributed by atoms with E-state index in [0.29, 0.717) is 0 Å². The van der Waals surface area contributed by atoms with Crippen molar-refractivity contribution in [3.05, 3.63) is 35.7 Å². The van der Waals surface area contributed by atoms with E-state index in [1.54, 1.807) is 18.9 Å². The molecule has 0 aliphatic rings. The number of ether oxygens (including phenoxy) is 1. The third-order valence-corrected chi connectivity index (χ3v) is 4.73. The Morgan fingerprint density at radius 1 is 1.25 bits per heavy atom. The van der Waals surface area contributed by atoms with Crippen LogP contribution in [0.3, 0.4) is 0 Å². The minimum Gasteiger partial charge on any atom is -0.497 e. The summed E-state index contributed by atoms with van der Waals surface area (Å²) in [5, 5.41) is 9.28. The molecule has 0 bridgehead atoms. The molecular formula is C14H20N4OS. The second-order valence-electron chi connectivity index (χ2n) is 4.76. The van der Waals surface area contributed by atoms with E-state index in [1.807, 2.05) is 49.7 Å². The van der Waals surface area contributed by atoms with Crippen LogP contribution in [-0.4, -0.2) is 27.9 Å². The second kappa shape index (κ2) is 6.28. The van der Waals surface area contributed by atoms with Gasteiger partial charge in [-0.2, -0.15) is 0 Å². The van der Waals surface area contributed by atoms with Gasteiger partial charge in [-0.1, -0.05) is 23.9 Å². The molecule has 20 heavy (non-hydrogen) atoms. The van der Waals surface area contributed by atoms with E-state index < -0.39 is 0 Å². The number of nitrogens with two attached hydrogens (primary N) is 1. The first kappa shape index (κ1) is 14.9. The number of aryl methyl sites for hydroxylation is 1. The zero-order valence-corrected chi connectivity index (χ0v) is 13.0. The molecule has 1 heterocycles. The number of thioether (sulfide) groups is 1. The van der Waals surface area contributed by atoms with Gasteiger partial charge in [0.05, 0.1) is 12.4 Å². The molecule has 0 spiro atoms. The molecule has 0 fully saturated rings. The van der Waals surface area contributed by atoms with Crippen molar-refractivity contribution < 1.29 is 4.74 Å². The van der Waals surface area contributed by atoms with Gasteiger partial charge < -0.3 is 15.0 Å². The third-order valence-electron chi connectivity index (χ3n) is 3.21. The number of benzene rings is 1. The molecule has 2 N–H and O–H groups in total. The van der Waals surface area contributed by atoms with Crippen molar-refractivity contribution in [1.29, 1.82) is 0 Å². The lowest BCUT2D eigenvalue weighted by atomic mass is 10.1. The molecule has 2 atom stereocenters. The van der Waals surface area contributed by atoms with Crippen LogP contribution in [0, 0.1) is 6.92 Å². The van der Waals surface area contributed by atoms with Crippen molar-refractivity contribution >= 4 is 11.8 Å². The topological polar surface area (TPSA) is 66.0 Å². The van der Waals surface area contributed by atoms with E-state index in [2.05, 4.69) is 10.2 Å². The molecule has 0 saturated carbocycles. The van der Waals surface area contributed by atoms with E-state index in [4.69, 9.17) is 10.5 Å². The maximum Gasteiger partial charge on any atom is 0.191 e. The van der Waals surface area contributed by atoms with Gasteiger partial charge in [-0.25, -0.2) is 0 Å². The summed E-state index contributed by atoms with van der Waals surface area (Å²) < 4.78 is 7.16. The van der Waals surface area contributed by atoms with Crippen LogP contribution in [0.15, 0.2) is 29.4 Å². The number of methoxy groups -OCH3 is 1. The average Bonchev–Trinajstić information content (AvgIpc) is 2.76. The van der Waals surface area contributed by atoms with Crippen LogP contribution >= 0.6 is 11.8 Å². The summed E-state index contributed by atoms with van der Waals surface area (Å²) in [6.45, 7) is 3.94. The third kappa shape index (κ3) is 3.13. The van der Waals surface area contributed by atoms with Gasteiger partial charge in [-0.05, 0) is 31.5 Å². The fraction of sp³-hybridized carbons (Fsp3) is 0.429. The predicted octanol–water partition coefficient (Wildman–Crippen LogP) is 2.31. The van der Waals surface area contributed by atoms with Crippen molar-refractivity contribution in [3.8, 4) is 5.75 Å². The summed E-state index contributed by atoms with van der Waals surface area (Å²) in [4.78, 5) is 0. The minimum atomic E-state index is 0.00500. The highest BCUT2D eigenvalue weighted by atomic mass is 32.2. The van der Waals surface area contributed by atoms with Crippen molar-refractivity contribution in [2.24, 2.45) is 12.8 Å². The van der Waals surface area contributed by atoms with Gasteiger partial charge in [-0.3, -0.25) is 0 Å². The Morgan fingerprint density at radius 2 is 1.90 bits per heavy atom. The number of nitrogens with zero attached hydrogens (tertiary/aromatic N) is 3. The molecule has 2 unspecified atom stereocenters. The molecule has 108 valence electrons. The first-order valence-electron chi connectivity index (χ1n) is 6.45. The molecule has 2 aromatic rings. The van der Waals surface area contributed by atoms with Crippen LogP contribution in [-0.2, 0) is 7.05 Å². The van der Waals surface area contributed by atoms with Crippen molar-refractivity contribution in [1.82, 2.24) is 14.8 Å². The number of hydrogen-bond donors (Lipinski definition) is 1. The molecule has 5 nitrogen and oxygen atoms in total. The monoisotopic (exact) mass is 292 g/mol. The Morgan fingerprint density at radius 3 is 2.35 bits per heavy atom. The van der Waals surface area contributed by atoms with Crippen LogP contribution in [0.4, 0.5) is 0 Å². The zero-order chi connectivity index (χ0) is 14.7. The summed E-state index contributed by atoms with van der Waals surface area (Å²) in [5.41, 5.74) is 7.29. The number of hydrogen-bond acceptors (Lipinski definition) is 5. The van der Waals surface area contributed by atoms with Gasteiger partial charge >= 0.3 is 0 Å². The lowest BCUT2D eigenvalue weighted by Crippen LogP contribution is -2.23. The van der Waals surface area contributed by atoms with Gasteiger partial charge in [-0.15, -0.1) is 10.2 Å². The largest absolute Gasteiger partial charge is 0.497 e. The molecule has 1 aromatic heterocycles. The standard InChI is InChI=1S/C14H20N4OS/c1-9(15)13(11-5-7-12(19-4)8-6-11)20-14-17-16-10(2)18(14)3/h5-9,13H,15H2,1-4H3. The summed E-state index contributed by atoms with van der Waals surface area (Å²) in [7, 11) is 3.62. The van der Waals surface area contributed by atoms with Crippen LogP contribution in [0.2, 0.25) is 0 Å². The highest BCUT2D eigenvalue weighted by molar-refractivity contribution is 7.99. The maximum atomic E-state index is 6.13. The normalized spacial score (nSPS) is 14.1. The van der Waals surface area contributed by atoms with Crippen LogP contribution in [0.1, 0.15) is 23.6 Å². The maximum absolute atomic E-state index is 6.13. The minimum absolute atomic E-state index is 0.00500. The smallest absolute Gasteiger partial charge is 0.191 e. The molecule has 6 heteroatoms. The van der Waals surface area contributed by atoms with Gasteiger partial charge in [0.2, 0.25) is 0 Å². The lowest BCUT2D eigenvalue weighted by molar-refractivity contribution is 0.414. The van der Waals surface area contributed by atoms with Crippen molar-refractivity contribution in [2.75, 3.05) is 7.11 Å². The van der Waals surface area contributed by atoms with Gasteiger partial charge in [0.25, 0.3) is 0 Å². The van der Waals surface area contributed by atoms with Gasteiger partial charge in [0, 0.05) is 13.1 Å². The fourth-order valence-electron chi connectivity index (χ4n) is 1.88. The Bertz CT molecular complexity index is 565. The summed E-state index contributed by atoms with van der Waals surface area (Å²) in [6, 6.07) is 8.00. The summed E-state index contributed by atoms with van der Waals surface area (Å²) in [5.74, 6) is 1.74. The highest BCUT2D eigenvalue weighted by Crippen LogP contribution is 2.36. The number of rotatable bonds is 5. The molecule has 1 aromatic carbocycles. The first-order chi connectivity index (χ1) is 9.52. The molecule has 0 aliphatic carbocycles. The Balaban J connectivity index is 2.24. The second-order valence-corrected chi connectivity index (χ2v) is 5.87. The Kier molecular flexibility index (Phi) is 4.67. The van der Waals surface area contributed by atoms with Gasteiger partial charge in [0.15, 0.2) is 5.16 Å². The van der Waals surface area contributed by atoms with E-state index in [0.717, 1.165) is 22.3 Å². The van der Waals surface area contributed by atoms with Gasteiger partial charge in [0.1, 0.15) is 11.6 Å². The average molecular weight is 292 g/mol. The molecule has 0 saturated heterocycles. The lowest BCUT2D eigenvalue weighted by Gasteiger charge is -2.20. The predicted molar refractivity (Wildman–Crippen MR) is 81.0 cm³/mol. The summed E-state index contributed by atoms with van der Waals surface area (Å²) >= 11 is 1.63. The highest BCUT2D eigenvalue weighted by Gasteiger charge is 2.20. The molecule has 0 amide bonds. The van der Waals surface area contributed by atoms with E-state index in [-0.39, 0.29) is 11.3 Å². The Hall–Kier alpha value is -1.53. The van der Waals surface area contributed by atoms with Crippen LogP contribution in [0.25, 0.3) is 0 Å². The first-order valence-corrected chi connectivity index (χ1v) is 7.33. The molecule has 0 aliphatic heterocycles. The molecule has 0 radical (unpaired) electrons. The molecular weight excluding hydrogens is 272 g/mol. The SMILES string of the molecule is COc1ccc(C(Sc2nnc(C)n2C)C(C)N)cc1. The fourth-order valence-corrected chi connectivity index (χ4v) is 2.99. The Labute approximate surface area is 123 Å². The summed E-state index contributed by atoms with van der Waals surface area (Å²) in [6.07, 6.45) is 0.